The maximum absolute atomic E-state index is 13.5. The minimum atomic E-state index is -0.784. The summed E-state index contributed by atoms with van der Waals surface area (Å²) >= 11 is 0. The first-order chi connectivity index (χ1) is 16.5. The van der Waals surface area contributed by atoms with Crippen LogP contribution in [0.1, 0.15) is 5.56 Å². The van der Waals surface area contributed by atoms with E-state index in [0.717, 1.165) is 5.56 Å². The molecule has 0 radical (unpaired) electrons. The van der Waals surface area contributed by atoms with Crippen molar-refractivity contribution in [1.29, 1.82) is 0 Å². The van der Waals surface area contributed by atoms with Gasteiger partial charge in [-0.1, -0.05) is 30.4 Å². The van der Waals surface area contributed by atoms with Gasteiger partial charge >= 0.3 is 0 Å². The Morgan fingerprint density at radius 2 is 1.85 bits per heavy atom. The summed E-state index contributed by atoms with van der Waals surface area (Å²) in [6.07, 6.45) is 4.09. The summed E-state index contributed by atoms with van der Waals surface area (Å²) in [7, 11) is 4.76. The van der Waals surface area contributed by atoms with Crippen LogP contribution in [-0.2, 0) is 20.7 Å². The van der Waals surface area contributed by atoms with Gasteiger partial charge in [-0.15, -0.1) is 0 Å². The molecule has 2 fully saturated rings. The number of methoxy groups -OCH3 is 3. The summed E-state index contributed by atoms with van der Waals surface area (Å²) in [5.74, 6) is 0.504. The molecule has 1 spiro atoms. The van der Waals surface area contributed by atoms with Crippen molar-refractivity contribution in [3.63, 3.8) is 0 Å². The van der Waals surface area contributed by atoms with Gasteiger partial charge < -0.3 is 29.2 Å². The van der Waals surface area contributed by atoms with Crippen LogP contribution in [0.4, 0.5) is 5.69 Å². The predicted octanol–water partition coefficient (Wildman–Crippen LogP) is 2.36. The van der Waals surface area contributed by atoms with Crippen LogP contribution < -0.4 is 24.4 Å². The number of rotatable bonds is 8. The fraction of sp³-hybridized carbons (Fsp3) is 0.385. The van der Waals surface area contributed by atoms with Crippen molar-refractivity contribution in [2.45, 2.75) is 18.1 Å². The lowest BCUT2D eigenvalue weighted by atomic mass is 9.77. The monoisotopic (exact) mass is 464 g/mol. The van der Waals surface area contributed by atoms with Crippen molar-refractivity contribution in [1.82, 2.24) is 5.32 Å². The van der Waals surface area contributed by atoms with E-state index < -0.39 is 23.5 Å². The van der Waals surface area contributed by atoms with Crippen LogP contribution >= 0.6 is 0 Å². The van der Waals surface area contributed by atoms with E-state index in [9.17, 15) is 9.59 Å². The van der Waals surface area contributed by atoms with Gasteiger partial charge in [-0.3, -0.25) is 9.59 Å². The standard InChI is InChI=1S/C26H28N2O6/c1-31-18-7-5-4-6-17(18)28-15-26-12-10-20(34-26)22(23(26)25(28)30)24(29)27-13-11-16-8-9-19(32-2)21(14-16)33-3/h4-10,12,14,20,22-23H,11,13,15H2,1-3H3,(H,27,29)/t20-,22-,23+,26-/m0/s1. The highest BCUT2D eigenvalue weighted by Crippen LogP contribution is 2.53. The van der Waals surface area contributed by atoms with Gasteiger partial charge in [-0.25, -0.2) is 0 Å². The molecule has 0 unspecified atom stereocenters. The first-order valence-corrected chi connectivity index (χ1v) is 11.3. The van der Waals surface area contributed by atoms with Gasteiger partial charge in [-0.2, -0.15) is 0 Å². The second-order valence-electron chi connectivity index (χ2n) is 8.73. The Labute approximate surface area is 198 Å². The van der Waals surface area contributed by atoms with E-state index in [4.69, 9.17) is 18.9 Å². The zero-order chi connectivity index (χ0) is 23.9. The highest BCUT2D eigenvalue weighted by Gasteiger charge is 2.67. The first kappa shape index (κ1) is 22.3. The molecule has 34 heavy (non-hydrogen) atoms. The molecule has 2 saturated heterocycles. The van der Waals surface area contributed by atoms with E-state index in [0.29, 0.717) is 42.4 Å². The van der Waals surface area contributed by atoms with E-state index in [1.807, 2.05) is 54.6 Å². The number of hydrogen-bond donors (Lipinski definition) is 1. The number of benzene rings is 2. The zero-order valence-electron chi connectivity index (χ0n) is 19.4. The van der Waals surface area contributed by atoms with Crippen molar-refractivity contribution in [2.75, 3.05) is 39.3 Å². The number of para-hydroxylation sites is 2. The molecule has 2 amide bonds. The Bertz CT molecular complexity index is 1150. The van der Waals surface area contributed by atoms with Gasteiger partial charge in [0, 0.05) is 6.54 Å². The molecule has 5 rings (SSSR count). The highest BCUT2D eigenvalue weighted by atomic mass is 16.5. The summed E-state index contributed by atoms with van der Waals surface area (Å²) in [5.41, 5.74) is 0.915. The molecule has 2 aromatic carbocycles. The molecule has 0 aromatic heterocycles. The Balaban J connectivity index is 1.29. The third kappa shape index (κ3) is 3.49. The third-order valence-corrected chi connectivity index (χ3v) is 6.94. The van der Waals surface area contributed by atoms with E-state index in [1.165, 1.54) is 0 Å². The molecule has 2 aromatic rings. The van der Waals surface area contributed by atoms with Crippen molar-refractivity contribution >= 4 is 17.5 Å². The fourth-order valence-electron chi connectivity index (χ4n) is 5.34. The molecule has 3 heterocycles. The summed E-state index contributed by atoms with van der Waals surface area (Å²) in [4.78, 5) is 28.4. The van der Waals surface area contributed by atoms with Gasteiger partial charge in [0.05, 0.1) is 51.5 Å². The molecule has 3 aliphatic rings. The topological polar surface area (TPSA) is 86.3 Å². The normalized spacial score (nSPS) is 26.5. The molecule has 4 atom stereocenters. The fourth-order valence-corrected chi connectivity index (χ4v) is 5.34. The molecule has 8 nitrogen and oxygen atoms in total. The third-order valence-electron chi connectivity index (χ3n) is 6.94. The molecule has 1 N–H and O–H groups in total. The van der Waals surface area contributed by atoms with Crippen LogP contribution in [0.2, 0.25) is 0 Å². The zero-order valence-corrected chi connectivity index (χ0v) is 19.4. The number of nitrogens with one attached hydrogen (secondary N) is 1. The molecule has 0 aliphatic carbocycles. The minimum Gasteiger partial charge on any atom is -0.495 e. The van der Waals surface area contributed by atoms with Gasteiger partial charge in [0.15, 0.2) is 11.5 Å². The first-order valence-electron chi connectivity index (χ1n) is 11.3. The molecule has 0 saturated carbocycles. The van der Waals surface area contributed by atoms with Gasteiger partial charge in [0.25, 0.3) is 0 Å². The summed E-state index contributed by atoms with van der Waals surface area (Å²) < 4.78 is 22.3. The smallest absolute Gasteiger partial charge is 0.234 e. The lowest BCUT2D eigenvalue weighted by molar-refractivity contribution is -0.131. The number of anilines is 1. The van der Waals surface area contributed by atoms with Crippen molar-refractivity contribution in [2.24, 2.45) is 11.8 Å². The second-order valence-corrected chi connectivity index (χ2v) is 8.73. The largest absolute Gasteiger partial charge is 0.495 e. The molecular formula is C26H28N2O6. The average Bonchev–Trinajstić information content (AvgIpc) is 3.51. The maximum Gasteiger partial charge on any atom is 0.234 e. The Kier molecular flexibility index (Phi) is 5.69. The average molecular weight is 465 g/mol. The van der Waals surface area contributed by atoms with Crippen LogP contribution in [0.25, 0.3) is 0 Å². The Morgan fingerprint density at radius 3 is 2.62 bits per heavy atom. The van der Waals surface area contributed by atoms with Gasteiger partial charge in [0.1, 0.15) is 11.4 Å². The molecule has 8 heteroatoms. The highest BCUT2D eigenvalue weighted by molar-refractivity contribution is 6.04. The number of carbonyl (C=O) groups excluding carboxylic acids is 2. The van der Waals surface area contributed by atoms with E-state index in [1.54, 1.807) is 26.2 Å². The predicted molar refractivity (Wildman–Crippen MR) is 125 cm³/mol. The SMILES string of the molecule is COc1ccc(CCNC(=O)[C@H]2[C@@H]3C=C[C@@]4(CN(c5ccccc5OC)C(=O)[C@@H]24)O3)cc1OC. The lowest BCUT2D eigenvalue weighted by Gasteiger charge is -2.23. The second kappa shape index (κ2) is 8.68. The molecule has 178 valence electrons. The van der Waals surface area contributed by atoms with Crippen LogP contribution in [0.15, 0.2) is 54.6 Å². The number of ether oxygens (including phenoxy) is 4. The maximum atomic E-state index is 13.5. The van der Waals surface area contributed by atoms with Crippen LogP contribution in [0.3, 0.4) is 0 Å². The summed E-state index contributed by atoms with van der Waals surface area (Å²) in [6.45, 7) is 0.796. The summed E-state index contributed by atoms with van der Waals surface area (Å²) in [5, 5.41) is 3.01. The Hall–Kier alpha value is -3.52. The molecule has 3 aliphatic heterocycles. The molecule has 2 bridgehead atoms. The summed E-state index contributed by atoms with van der Waals surface area (Å²) in [6, 6.07) is 13.1. The lowest BCUT2D eigenvalue weighted by Crippen LogP contribution is -2.44. The van der Waals surface area contributed by atoms with Gasteiger partial charge in [-0.05, 0) is 36.2 Å². The van der Waals surface area contributed by atoms with E-state index in [-0.39, 0.29) is 11.8 Å². The van der Waals surface area contributed by atoms with Crippen molar-refractivity contribution in [3.8, 4) is 17.2 Å². The van der Waals surface area contributed by atoms with Crippen LogP contribution in [0.5, 0.6) is 17.2 Å². The number of hydrogen-bond acceptors (Lipinski definition) is 6. The number of amides is 2. The van der Waals surface area contributed by atoms with Crippen LogP contribution in [0, 0.1) is 11.8 Å². The minimum absolute atomic E-state index is 0.114. The molecular weight excluding hydrogens is 436 g/mol. The number of fused-ring (bicyclic) bond motifs is 1. The van der Waals surface area contributed by atoms with E-state index in [2.05, 4.69) is 5.32 Å². The quantitative estimate of drug-likeness (QED) is 0.604. The van der Waals surface area contributed by atoms with Crippen LogP contribution in [-0.4, -0.2) is 57.9 Å². The van der Waals surface area contributed by atoms with Crippen molar-refractivity contribution < 1.29 is 28.5 Å². The van der Waals surface area contributed by atoms with Crippen molar-refractivity contribution in [3.05, 3.63) is 60.2 Å². The van der Waals surface area contributed by atoms with E-state index >= 15 is 0 Å². The van der Waals surface area contributed by atoms with Gasteiger partial charge in [0.2, 0.25) is 11.8 Å². The number of carbonyl (C=O) groups is 2. The Morgan fingerprint density at radius 1 is 1.09 bits per heavy atom. The number of nitrogens with zero attached hydrogens (tertiary/aromatic N) is 1.